The molecular weight excluding hydrogens is 443 g/mol. The molecule has 0 spiro atoms. The van der Waals surface area contributed by atoms with Crippen LogP contribution in [0.2, 0.25) is 5.02 Å². The Bertz CT molecular complexity index is 606. The molecule has 19 heavy (non-hydrogen) atoms. The van der Waals surface area contributed by atoms with Crippen molar-refractivity contribution in [2.75, 3.05) is 7.05 Å². The summed E-state index contributed by atoms with van der Waals surface area (Å²) in [5.74, 6) is -0.308. The molecule has 0 fully saturated rings. The molecule has 2 aromatic carbocycles. The molecule has 1 N–H and O–H groups in total. The third-order valence-electron chi connectivity index (χ3n) is 2.83. The zero-order valence-corrected chi connectivity index (χ0v) is 14.6. The highest BCUT2D eigenvalue weighted by molar-refractivity contribution is 14.1. The first-order chi connectivity index (χ1) is 9.02. The lowest BCUT2D eigenvalue weighted by atomic mass is 9.98. The smallest absolute Gasteiger partial charge is 0.129 e. The van der Waals surface area contributed by atoms with Crippen molar-refractivity contribution >= 4 is 50.1 Å². The van der Waals surface area contributed by atoms with Gasteiger partial charge in [-0.1, -0.05) is 33.6 Å². The van der Waals surface area contributed by atoms with E-state index in [4.69, 9.17) is 11.6 Å². The highest BCUT2D eigenvalue weighted by atomic mass is 127. The fourth-order valence-corrected chi connectivity index (χ4v) is 3.10. The number of hydrogen-bond acceptors (Lipinski definition) is 1. The third kappa shape index (κ3) is 3.48. The number of hydrogen-bond donors (Lipinski definition) is 1. The molecule has 5 heteroatoms. The van der Waals surface area contributed by atoms with Crippen LogP contribution in [0.5, 0.6) is 0 Å². The number of halogens is 4. The predicted octanol–water partition coefficient (Wildman–Crippen LogP) is 5.16. The van der Waals surface area contributed by atoms with Gasteiger partial charge in [-0.15, -0.1) is 0 Å². The molecule has 2 rings (SSSR count). The van der Waals surface area contributed by atoms with Crippen LogP contribution in [0.4, 0.5) is 4.39 Å². The van der Waals surface area contributed by atoms with E-state index in [9.17, 15) is 4.39 Å². The minimum absolute atomic E-state index is 0.221. The second-order valence-corrected chi connectivity index (χ2v) is 6.59. The van der Waals surface area contributed by atoms with Gasteiger partial charge in [-0.3, -0.25) is 0 Å². The van der Waals surface area contributed by atoms with Crippen molar-refractivity contribution < 1.29 is 4.39 Å². The lowest BCUT2D eigenvalue weighted by Gasteiger charge is -2.20. The zero-order chi connectivity index (χ0) is 14.0. The molecule has 1 unspecified atom stereocenters. The zero-order valence-electron chi connectivity index (χ0n) is 10.1. The molecule has 1 atom stereocenters. The van der Waals surface area contributed by atoms with Gasteiger partial charge in [-0.2, -0.15) is 0 Å². The highest BCUT2D eigenvalue weighted by Crippen LogP contribution is 2.31. The van der Waals surface area contributed by atoms with E-state index in [1.54, 1.807) is 12.1 Å². The second-order valence-electron chi connectivity index (χ2n) is 4.05. The Labute approximate surface area is 138 Å². The van der Waals surface area contributed by atoms with Gasteiger partial charge in [-0.05, 0) is 65.5 Å². The summed E-state index contributed by atoms with van der Waals surface area (Å²) in [6.45, 7) is 0. The lowest BCUT2D eigenvalue weighted by molar-refractivity contribution is 0.575. The molecule has 0 bridgehead atoms. The van der Waals surface area contributed by atoms with E-state index in [0.717, 1.165) is 13.6 Å². The van der Waals surface area contributed by atoms with Gasteiger partial charge in [0.25, 0.3) is 0 Å². The maximum Gasteiger partial charge on any atom is 0.129 e. The van der Waals surface area contributed by atoms with Crippen LogP contribution in [0.3, 0.4) is 0 Å². The van der Waals surface area contributed by atoms with Crippen molar-refractivity contribution in [3.05, 3.63) is 66.4 Å². The Hall–Kier alpha value is -0.170. The largest absolute Gasteiger partial charge is 0.309 e. The van der Waals surface area contributed by atoms with Gasteiger partial charge in [0.1, 0.15) is 5.82 Å². The van der Waals surface area contributed by atoms with Crippen molar-refractivity contribution in [1.82, 2.24) is 5.32 Å². The standard InChI is InChI=1S/C14H11BrClFIN/c1-19-14(10-4-2-8(16)6-13(10)17)11-7-9(18)3-5-12(11)15/h2-7,14,19H,1H3. The maximum atomic E-state index is 14.1. The Kier molecular flexibility index (Phi) is 5.22. The molecule has 0 aliphatic rings. The van der Waals surface area contributed by atoms with Crippen molar-refractivity contribution in [2.45, 2.75) is 6.04 Å². The first-order valence-corrected chi connectivity index (χ1v) is 7.85. The van der Waals surface area contributed by atoms with E-state index in [1.807, 2.05) is 25.2 Å². The average molecular weight is 455 g/mol. The van der Waals surface area contributed by atoms with Crippen LogP contribution in [0, 0.1) is 9.39 Å². The number of rotatable bonds is 3. The minimum atomic E-state index is -0.308. The van der Waals surface area contributed by atoms with Crippen molar-refractivity contribution in [3.63, 3.8) is 0 Å². The summed E-state index contributed by atoms with van der Waals surface area (Å²) in [4.78, 5) is 0. The van der Waals surface area contributed by atoms with Gasteiger partial charge in [0, 0.05) is 18.6 Å². The van der Waals surface area contributed by atoms with Crippen molar-refractivity contribution in [3.8, 4) is 0 Å². The van der Waals surface area contributed by atoms with Crippen molar-refractivity contribution in [2.24, 2.45) is 0 Å². The van der Waals surface area contributed by atoms with Crippen molar-refractivity contribution in [1.29, 1.82) is 0 Å². The van der Waals surface area contributed by atoms with Crippen LogP contribution in [0.15, 0.2) is 40.9 Å². The van der Waals surface area contributed by atoms with E-state index >= 15 is 0 Å². The van der Waals surface area contributed by atoms with Crippen LogP contribution >= 0.6 is 50.1 Å². The van der Waals surface area contributed by atoms with Gasteiger partial charge in [0.15, 0.2) is 0 Å². The molecule has 0 aliphatic carbocycles. The SMILES string of the molecule is CNC(c1ccc(Cl)cc1F)c1cc(I)ccc1Br. The second kappa shape index (κ2) is 6.52. The lowest BCUT2D eigenvalue weighted by Crippen LogP contribution is -2.19. The molecule has 0 amide bonds. The molecule has 0 aliphatic heterocycles. The third-order valence-corrected chi connectivity index (χ3v) is 4.46. The fourth-order valence-electron chi connectivity index (χ4n) is 1.95. The summed E-state index contributed by atoms with van der Waals surface area (Å²) < 4.78 is 16.1. The van der Waals surface area contributed by atoms with E-state index in [1.165, 1.54) is 6.07 Å². The van der Waals surface area contributed by atoms with Gasteiger partial charge in [-0.25, -0.2) is 4.39 Å². The molecular formula is C14H11BrClFIN. The van der Waals surface area contributed by atoms with Gasteiger partial charge < -0.3 is 5.32 Å². The van der Waals surface area contributed by atoms with Crippen LogP contribution in [-0.4, -0.2) is 7.05 Å². The average Bonchev–Trinajstić information content (AvgIpc) is 2.36. The first kappa shape index (κ1) is 15.2. The Balaban J connectivity index is 2.52. The Morgan fingerprint density at radius 2 is 1.95 bits per heavy atom. The number of nitrogens with one attached hydrogen (secondary N) is 1. The molecule has 1 nitrogen and oxygen atoms in total. The Morgan fingerprint density at radius 1 is 1.21 bits per heavy atom. The monoisotopic (exact) mass is 453 g/mol. The quantitative estimate of drug-likeness (QED) is 0.633. The van der Waals surface area contributed by atoms with E-state index in [0.29, 0.717) is 10.6 Å². The fraction of sp³-hybridized carbons (Fsp3) is 0.143. The minimum Gasteiger partial charge on any atom is -0.309 e. The van der Waals surface area contributed by atoms with E-state index in [2.05, 4.69) is 43.8 Å². The molecule has 2 aromatic rings. The van der Waals surface area contributed by atoms with Crippen LogP contribution < -0.4 is 5.32 Å². The van der Waals surface area contributed by atoms with Gasteiger partial charge >= 0.3 is 0 Å². The highest BCUT2D eigenvalue weighted by Gasteiger charge is 2.19. The topological polar surface area (TPSA) is 12.0 Å². The van der Waals surface area contributed by atoms with Crippen LogP contribution in [-0.2, 0) is 0 Å². The normalized spacial score (nSPS) is 12.5. The molecule has 0 radical (unpaired) electrons. The number of benzene rings is 2. The summed E-state index contributed by atoms with van der Waals surface area (Å²) in [6.07, 6.45) is 0. The first-order valence-electron chi connectivity index (χ1n) is 5.60. The molecule has 0 saturated heterocycles. The summed E-state index contributed by atoms with van der Waals surface area (Å²) in [7, 11) is 1.81. The molecule has 0 aromatic heterocycles. The summed E-state index contributed by atoms with van der Waals surface area (Å²) in [5, 5.41) is 3.55. The predicted molar refractivity (Wildman–Crippen MR) is 89.2 cm³/mol. The molecule has 0 heterocycles. The van der Waals surface area contributed by atoms with Crippen LogP contribution in [0.25, 0.3) is 0 Å². The van der Waals surface area contributed by atoms with E-state index < -0.39 is 0 Å². The summed E-state index contributed by atoms with van der Waals surface area (Å²) >= 11 is 11.6. The summed E-state index contributed by atoms with van der Waals surface area (Å²) in [5.41, 5.74) is 1.57. The van der Waals surface area contributed by atoms with Crippen LogP contribution in [0.1, 0.15) is 17.2 Å². The van der Waals surface area contributed by atoms with E-state index in [-0.39, 0.29) is 11.9 Å². The van der Waals surface area contributed by atoms with Gasteiger partial charge in [0.05, 0.1) is 6.04 Å². The molecule has 0 saturated carbocycles. The molecule has 100 valence electrons. The Morgan fingerprint density at radius 3 is 2.58 bits per heavy atom. The maximum absolute atomic E-state index is 14.1. The van der Waals surface area contributed by atoms with Gasteiger partial charge in [0.2, 0.25) is 0 Å². The summed E-state index contributed by atoms with van der Waals surface area (Å²) in [6, 6.07) is 10.5.